The monoisotopic (exact) mass is 358 g/mol. The summed E-state index contributed by atoms with van der Waals surface area (Å²) in [4.78, 5) is 18.4. The molecule has 1 amide bonds. The van der Waals surface area contributed by atoms with Crippen molar-refractivity contribution < 1.29 is 9.18 Å². The number of rotatable bonds is 6. The summed E-state index contributed by atoms with van der Waals surface area (Å²) in [6, 6.07) is 14.0. The van der Waals surface area contributed by atoms with Crippen LogP contribution in [0.3, 0.4) is 0 Å². The third kappa shape index (κ3) is 4.43. The quantitative estimate of drug-likeness (QED) is 0.666. The van der Waals surface area contributed by atoms with Crippen molar-refractivity contribution in [2.75, 3.05) is 5.75 Å². The Hall–Kier alpha value is -2.18. The average Bonchev–Trinajstić information content (AvgIpc) is 3.14. The minimum absolute atomic E-state index is 0.0645. The molecule has 3 rings (SSSR count). The van der Waals surface area contributed by atoms with Crippen LogP contribution in [-0.4, -0.2) is 16.6 Å². The molecule has 0 saturated carbocycles. The minimum Gasteiger partial charge on any atom is -0.351 e. The average molecular weight is 358 g/mol. The molecule has 24 heavy (non-hydrogen) atoms. The van der Waals surface area contributed by atoms with Gasteiger partial charge in [-0.05, 0) is 47.3 Å². The SMILES string of the molecule is O=C(CSc1ccc(F)cc1)NCc1cccnc1-c1cccs1. The normalized spacial score (nSPS) is 10.5. The molecular weight excluding hydrogens is 343 g/mol. The molecule has 0 aliphatic heterocycles. The van der Waals surface area contributed by atoms with Gasteiger partial charge in [0.1, 0.15) is 5.82 Å². The van der Waals surface area contributed by atoms with Crippen LogP contribution in [0.1, 0.15) is 5.56 Å². The Morgan fingerprint density at radius 1 is 1.17 bits per heavy atom. The van der Waals surface area contributed by atoms with Crippen molar-refractivity contribution in [3.05, 3.63) is 71.5 Å². The van der Waals surface area contributed by atoms with Gasteiger partial charge in [-0.25, -0.2) is 4.39 Å². The largest absolute Gasteiger partial charge is 0.351 e. The van der Waals surface area contributed by atoms with E-state index < -0.39 is 0 Å². The van der Waals surface area contributed by atoms with E-state index in [2.05, 4.69) is 10.3 Å². The Kier molecular flexibility index (Phi) is 5.61. The molecule has 0 aliphatic carbocycles. The van der Waals surface area contributed by atoms with Gasteiger partial charge in [0.15, 0.2) is 0 Å². The fraction of sp³-hybridized carbons (Fsp3) is 0.111. The molecular formula is C18H15FN2OS2. The zero-order chi connectivity index (χ0) is 16.8. The molecule has 3 aromatic rings. The number of hydrogen-bond acceptors (Lipinski definition) is 4. The van der Waals surface area contributed by atoms with Crippen molar-refractivity contribution in [2.45, 2.75) is 11.4 Å². The summed E-state index contributed by atoms with van der Waals surface area (Å²) in [7, 11) is 0. The summed E-state index contributed by atoms with van der Waals surface area (Å²) in [5.74, 6) is -0.0490. The van der Waals surface area contributed by atoms with E-state index in [-0.39, 0.29) is 11.7 Å². The summed E-state index contributed by atoms with van der Waals surface area (Å²) in [5, 5.41) is 4.92. The van der Waals surface area contributed by atoms with Gasteiger partial charge in [0.2, 0.25) is 5.91 Å². The van der Waals surface area contributed by atoms with Crippen LogP contribution >= 0.6 is 23.1 Å². The minimum atomic E-state index is -0.276. The summed E-state index contributed by atoms with van der Waals surface area (Å²) >= 11 is 3.01. The number of carbonyl (C=O) groups excluding carboxylic acids is 1. The van der Waals surface area contributed by atoms with Gasteiger partial charge in [-0.3, -0.25) is 9.78 Å². The Morgan fingerprint density at radius 2 is 2.00 bits per heavy atom. The second kappa shape index (κ2) is 8.08. The van der Waals surface area contributed by atoms with Gasteiger partial charge >= 0.3 is 0 Å². The molecule has 2 heterocycles. The first-order valence-corrected chi connectivity index (χ1v) is 9.22. The van der Waals surface area contributed by atoms with Crippen LogP contribution in [0.25, 0.3) is 10.6 Å². The van der Waals surface area contributed by atoms with Crippen molar-refractivity contribution in [1.82, 2.24) is 10.3 Å². The highest BCUT2D eigenvalue weighted by atomic mass is 32.2. The molecule has 1 N–H and O–H groups in total. The lowest BCUT2D eigenvalue weighted by Gasteiger charge is -2.09. The summed E-state index contributed by atoms with van der Waals surface area (Å²) in [6.45, 7) is 0.434. The van der Waals surface area contributed by atoms with E-state index in [0.717, 1.165) is 21.0 Å². The van der Waals surface area contributed by atoms with Crippen LogP contribution in [0.4, 0.5) is 4.39 Å². The summed E-state index contributed by atoms with van der Waals surface area (Å²) in [6.07, 6.45) is 1.75. The number of thioether (sulfide) groups is 1. The van der Waals surface area contributed by atoms with E-state index in [0.29, 0.717) is 12.3 Å². The fourth-order valence-corrected chi connectivity index (χ4v) is 3.63. The molecule has 0 radical (unpaired) electrons. The molecule has 6 heteroatoms. The van der Waals surface area contributed by atoms with Crippen molar-refractivity contribution in [3.63, 3.8) is 0 Å². The van der Waals surface area contributed by atoms with E-state index in [1.165, 1.54) is 23.9 Å². The van der Waals surface area contributed by atoms with Crippen LogP contribution in [-0.2, 0) is 11.3 Å². The summed E-state index contributed by atoms with van der Waals surface area (Å²) < 4.78 is 12.9. The zero-order valence-corrected chi connectivity index (χ0v) is 14.4. The van der Waals surface area contributed by atoms with Gasteiger partial charge in [-0.15, -0.1) is 23.1 Å². The molecule has 0 spiro atoms. The maximum Gasteiger partial charge on any atom is 0.230 e. The number of nitrogens with zero attached hydrogens (tertiary/aromatic N) is 1. The maximum atomic E-state index is 12.9. The van der Waals surface area contributed by atoms with Crippen LogP contribution in [0.15, 0.2) is 65.0 Å². The molecule has 122 valence electrons. The first kappa shape index (κ1) is 16.7. The number of amides is 1. The van der Waals surface area contributed by atoms with Crippen molar-refractivity contribution in [2.24, 2.45) is 0 Å². The highest BCUT2D eigenvalue weighted by Gasteiger charge is 2.09. The van der Waals surface area contributed by atoms with E-state index in [1.54, 1.807) is 29.7 Å². The molecule has 0 unspecified atom stereocenters. The number of thiophene rings is 1. The van der Waals surface area contributed by atoms with Gasteiger partial charge in [0.05, 0.1) is 16.3 Å². The van der Waals surface area contributed by atoms with Gasteiger partial charge in [-0.2, -0.15) is 0 Å². The van der Waals surface area contributed by atoms with Crippen LogP contribution in [0.2, 0.25) is 0 Å². The number of nitrogens with one attached hydrogen (secondary N) is 1. The molecule has 2 aromatic heterocycles. The number of hydrogen-bond donors (Lipinski definition) is 1. The maximum absolute atomic E-state index is 12.9. The van der Waals surface area contributed by atoms with Gasteiger partial charge in [-0.1, -0.05) is 12.1 Å². The van der Waals surface area contributed by atoms with Gasteiger partial charge in [0, 0.05) is 17.6 Å². The van der Waals surface area contributed by atoms with Crippen molar-refractivity contribution in [1.29, 1.82) is 0 Å². The number of carbonyl (C=O) groups is 1. The Labute approximate surface area is 148 Å². The topological polar surface area (TPSA) is 42.0 Å². The lowest BCUT2D eigenvalue weighted by atomic mass is 10.1. The third-order valence-corrected chi connectivity index (χ3v) is 5.19. The van der Waals surface area contributed by atoms with Crippen LogP contribution < -0.4 is 5.32 Å². The first-order chi connectivity index (χ1) is 11.7. The number of pyridine rings is 1. The molecule has 3 nitrogen and oxygen atoms in total. The Morgan fingerprint density at radius 3 is 2.75 bits per heavy atom. The Bertz CT molecular complexity index is 804. The van der Waals surface area contributed by atoms with E-state index in [1.807, 2.05) is 29.6 Å². The molecule has 0 fully saturated rings. The van der Waals surface area contributed by atoms with E-state index in [9.17, 15) is 9.18 Å². The molecule has 0 saturated heterocycles. The van der Waals surface area contributed by atoms with Gasteiger partial charge < -0.3 is 5.32 Å². The highest BCUT2D eigenvalue weighted by molar-refractivity contribution is 8.00. The fourth-order valence-electron chi connectivity index (χ4n) is 2.14. The Balaban J connectivity index is 1.56. The lowest BCUT2D eigenvalue weighted by molar-refractivity contribution is -0.118. The highest BCUT2D eigenvalue weighted by Crippen LogP contribution is 2.25. The van der Waals surface area contributed by atoms with E-state index >= 15 is 0 Å². The second-order valence-electron chi connectivity index (χ2n) is 5.01. The van der Waals surface area contributed by atoms with E-state index in [4.69, 9.17) is 0 Å². The standard InChI is InChI=1S/C18H15FN2OS2/c19-14-5-7-15(8-6-14)24-12-17(22)21-11-13-3-1-9-20-18(13)16-4-2-10-23-16/h1-10H,11-12H2,(H,21,22). The molecule has 1 aromatic carbocycles. The molecule has 0 aliphatic rings. The van der Waals surface area contributed by atoms with Crippen LogP contribution in [0, 0.1) is 5.82 Å². The number of aromatic nitrogens is 1. The van der Waals surface area contributed by atoms with Crippen LogP contribution in [0.5, 0.6) is 0 Å². The molecule has 0 atom stereocenters. The number of benzene rings is 1. The molecule has 0 bridgehead atoms. The van der Waals surface area contributed by atoms with Crippen molar-refractivity contribution in [3.8, 4) is 10.6 Å². The smallest absolute Gasteiger partial charge is 0.230 e. The third-order valence-electron chi connectivity index (χ3n) is 3.31. The lowest BCUT2D eigenvalue weighted by Crippen LogP contribution is -2.24. The zero-order valence-electron chi connectivity index (χ0n) is 12.7. The predicted octanol–water partition coefficient (Wildman–Crippen LogP) is 4.36. The first-order valence-electron chi connectivity index (χ1n) is 7.35. The van der Waals surface area contributed by atoms with Gasteiger partial charge in [0.25, 0.3) is 0 Å². The summed E-state index contributed by atoms with van der Waals surface area (Å²) in [5.41, 5.74) is 1.89. The number of halogens is 1. The second-order valence-corrected chi connectivity index (χ2v) is 7.00. The van der Waals surface area contributed by atoms with Crippen molar-refractivity contribution >= 4 is 29.0 Å². The predicted molar refractivity (Wildman–Crippen MR) is 96.5 cm³/mol.